The molecule has 1 aliphatic rings. The first-order valence-electron chi connectivity index (χ1n) is 9.88. The zero-order valence-corrected chi connectivity index (χ0v) is 16.9. The number of carbonyl (C=O) groups excluding carboxylic acids is 1. The monoisotopic (exact) mass is 406 g/mol. The minimum Gasteiger partial charge on any atom is -0.384 e. The fourth-order valence-corrected chi connectivity index (χ4v) is 3.67. The van der Waals surface area contributed by atoms with Crippen molar-refractivity contribution in [1.82, 2.24) is 10.3 Å². The molecule has 6 heteroatoms. The SMILES string of the molecule is O=C(CCC1=Nc2ccccc2C1)NCCCNc1ccnc2cc(Cl)ccc12. The predicted octanol–water partition coefficient (Wildman–Crippen LogP) is 4.92. The lowest BCUT2D eigenvalue weighted by Gasteiger charge is -2.10. The molecule has 2 N–H and O–H groups in total. The summed E-state index contributed by atoms with van der Waals surface area (Å²) in [6.07, 6.45) is 4.67. The smallest absolute Gasteiger partial charge is 0.220 e. The van der Waals surface area contributed by atoms with Crippen LogP contribution < -0.4 is 10.6 Å². The standard InChI is InChI=1S/C23H23ClN4O/c24-17-6-8-19-21(10-13-26-22(19)15-17)25-11-3-12-27-23(29)9-7-18-14-16-4-1-2-5-20(16)28-18/h1-2,4-6,8,10,13,15H,3,7,9,11-12,14H2,(H,25,26)(H,27,29). The Hall–Kier alpha value is -2.92. The number of fused-ring (bicyclic) bond motifs is 2. The summed E-state index contributed by atoms with van der Waals surface area (Å²) in [5.74, 6) is 0.0765. The van der Waals surface area contributed by atoms with Gasteiger partial charge in [0.05, 0.1) is 11.2 Å². The number of nitrogens with one attached hydrogen (secondary N) is 2. The second-order valence-corrected chi connectivity index (χ2v) is 7.57. The van der Waals surface area contributed by atoms with Crippen LogP contribution in [0.15, 0.2) is 59.7 Å². The lowest BCUT2D eigenvalue weighted by molar-refractivity contribution is -0.120. The molecule has 1 aliphatic heterocycles. The van der Waals surface area contributed by atoms with E-state index in [1.165, 1.54) is 5.56 Å². The Kier molecular flexibility index (Phi) is 6.06. The number of rotatable bonds is 8. The summed E-state index contributed by atoms with van der Waals surface area (Å²) in [6.45, 7) is 1.41. The summed E-state index contributed by atoms with van der Waals surface area (Å²) in [5.41, 5.74) is 5.28. The van der Waals surface area contributed by atoms with Gasteiger partial charge in [-0.05, 0) is 48.7 Å². The van der Waals surface area contributed by atoms with E-state index in [0.29, 0.717) is 24.4 Å². The molecule has 0 spiro atoms. The van der Waals surface area contributed by atoms with Gasteiger partial charge in [0.2, 0.25) is 5.91 Å². The molecule has 1 aromatic heterocycles. The quantitative estimate of drug-likeness (QED) is 0.522. The topological polar surface area (TPSA) is 66.4 Å². The van der Waals surface area contributed by atoms with Gasteiger partial charge in [0, 0.05) is 53.9 Å². The maximum absolute atomic E-state index is 12.1. The van der Waals surface area contributed by atoms with E-state index in [0.717, 1.165) is 47.4 Å². The summed E-state index contributed by atoms with van der Waals surface area (Å²) < 4.78 is 0. The molecule has 1 amide bonds. The van der Waals surface area contributed by atoms with Crippen LogP contribution in [0.1, 0.15) is 24.8 Å². The third kappa shape index (κ3) is 4.93. The van der Waals surface area contributed by atoms with Gasteiger partial charge < -0.3 is 10.6 Å². The van der Waals surface area contributed by atoms with Gasteiger partial charge in [-0.15, -0.1) is 0 Å². The van der Waals surface area contributed by atoms with Gasteiger partial charge >= 0.3 is 0 Å². The van der Waals surface area contributed by atoms with Crippen molar-refractivity contribution in [2.45, 2.75) is 25.7 Å². The van der Waals surface area contributed by atoms with Gasteiger partial charge in [0.1, 0.15) is 0 Å². The Labute approximate surface area is 175 Å². The minimum absolute atomic E-state index is 0.0765. The number of nitrogens with zero attached hydrogens (tertiary/aromatic N) is 2. The Morgan fingerprint density at radius 1 is 1.10 bits per heavy atom. The number of hydrogen-bond acceptors (Lipinski definition) is 4. The average molecular weight is 407 g/mol. The van der Waals surface area contributed by atoms with Gasteiger partial charge in [0.25, 0.3) is 0 Å². The molecule has 0 fully saturated rings. The summed E-state index contributed by atoms with van der Waals surface area (Å²) in [5, 5.41) is 8.13. The molecule has 29 heavy (non-hydrogen) atoms. The van der Waals surface area contributed by atoms with E-state index in [-0.39, 0.29) is 5.91 Å². The van der Waals surface area contributed by atoms with Crippen LogP contribution >= 0.6 is 11.6 Å². The van der Waals surface area contributed by atoms with Crippen LogP contribution in [0.2, 0.25) is 5.02 Å². The van der Waals surface area contributed by atoms with Crippen LogP contribution in [0, 0.1) is 0 Å². The molecule has 0 saturated carbocycles. The van der Waals surface area contributed by atoms with Crippen LogP contribution in [0.5, 0.6) is 0 Å². The fourth-order valence-electron chi connectivity index (χ4n) is 3.50. The van der Waals surface area contributed by atoms with Crippen molar-refractivity contribution >= 4 is 45.5 Å². The van der Waals surface area contributed by atoms with E-state index in [9.17, 15) is 4.79 Å². The second kappa shape index (κ2) is 9.05. The maximum atomic E-state index is 12.1. The highest BCUT2D eigenvalue weighted by atomic mass is 35.5. The first-order valence-corrected chi connectivity index (χ1v) is 10.3. The van der Waals surface area contributed by atoms with Gasteiger partial charge in [-0.25, -0.2) is 0 Å². The number of carbonyl (C=O) groups is 1. The molecule has 4 rings (SSSR count). The van der Waals surface area contributed by atoms with E-state index in [1.54, 1.807) is 6.20 Å². The third-order valence-electron chi connectivity index (χ3n) is 5.00. The van der Waals surface area contributed by atoms with Crippen LogP contribution in [0.4, 0.5) is 11.4 Å². The first-order chi connectivity index (χ1) is 14.2. The Morgan fingerprint density at radius 3 is 2.90 bits per heavy atom. The second-order valence-electron chi connectivity index (χ2n) is 7.13. The Bertz CT molecular complexity index is 1060. The van der Waals surface area contributed by atoms with E-state index in [2.05, 4.69) is 26.7 Å². The highest BCUT2D eigenvalue weighted by molar-refractivity contribution is 6.31. The highest BCUT2D eigenvalue weighted by Crippen LogP contribution is 2.27. The minimum atomic E-state index is 0.0765. The van der Waals surface area contributed by atoms with Gasteiger partial charge in [0.15, 0.2) is 0 Å². The zero-order valence-electron chi connectivity index (χ0n) is 16.1. The van der Waals surface area contributed by atoms with Crippen LogP contribution in [-0.4, -0.2) is 29.7 Å². The predicted molar refractivity (Wildman–Crippen MR) is 119 cm³/mol. The third-order valence-corrected chi connectivity index (χ3v) is 5.24. The number of hydrogen-bond donors (Lipinski definition) is 2. The average Bonchev–Trinajstić information content (AvgIpc) is 3.15. The Balaban J connectivity index is 1.16. The van der Waals surface area contributed by atoms with E-state index in [4.69, 9.17) is 11.6 Å². The van der Waals surface area contributed by atoms with Crippen molar-refractivity contribution in [3.05, 3.63) is 65.3 Å². The summed E-state index contributed by atoms with van der Waals surface area (Å²) >= 11 is 6.03. The summed E-state index contributed by atoms with van der Waals surface area (Å²) in [6, 6.07) is 15.8. The Morgan fingerprint density at radius 2 is 2.00 bits per heavy atom. The molecular formula is C23H23ClN4O. The van der Waals surface area contributed by atoms with Crippen molar-refractivity contribution in [3.63, 3.8) is 0 Å². The van der Waals surface area contributed by atoms with Crippen LogP contribution in [0.3, 0.4) is 0 Å². The number of amides is 1. The van der Waals surface area contributed by atoms with Gasteiger partial charge in [-0.3, -0.25) is 14.8 Å². The van der Waals surface area contributed by atoms with Crippen molar-refractivity contribution in [1.29, 1.82) is 0 Å². The van der Waals surface area contributed by atoms with E-state index in [1.807, 2.05) is 42.5 Å². The van der Waals surface area contributed by atoms with Crippen molar-refractivity contribution in [3.8, 4) is 0 Å². The maximum Gasteiger partial charge on any atom is 0.220 e. The number of para-hydroxylation sites is 1. The van der Waals surface area contributed by atoms with E-state index >= 15 is 0 Å². The first kappa shape index (κ1) is 19.4. The molecule has 3 aromatic rings. The number of halogens is 1. The van der Waals surface area contributed by atoms with Crippen molar-refractivity contribution in [2.24, 2.45) is 4.99 Å². The molecule has 0 atom stereocenters. The molecular weight excluding hydrogens is 384 g/mol. The normalized spacial score (nSPS) is 12.5. The van der Waals surface area contributed by atoms with E-state index < -0.39 is 0 Å². The van der Waals surface area contributed by atoms with Gasteiger partial charge in [-0.2, -0.15) is 0 Å². The summed E-state index contributed by atoms with van der Waals surface area (Å²) in [7, 11) is 0. The molecule has 0 saturated heterocycles. The molecule has 0 aliphatic carbocycles. The molecule has 0 radical (unpaired) electrons. The number of pyridine rings is 1. The zero-order chi connectivity index (χ0) is 20.1. The van der Waals surface area contributed by atoms with Crippen molar-refractivity contribution < 1.29 is 4.79 Å². The lowest BCUT2D eigenvalue weighted by Crippen LogP contribution is -2.26. The summed E-state index contributed by atoms with van der Waals surface area (Å²) in [4.78, 5) is 21.1. The number of benzene rings is 2. The largest absolute Gasteiger partial charge is 0.384 e. The molecule has 0 bridgehead atoms. The molecule has 5 nitrogen and oxygen atoms in total. The van der Waals surface area contributed by atoms with Crippen LogP contribution in [-0.2, 0) is 11.2 Å². The molecule has 2 aromatic carbocycles. The van der Waals surface area contributed by atoms with Crippen LogP contribution in [0.25, 0.3) is 10.9 Å². The number of aromatic nitrogens is 1. The lowest BCUT2D eigenvalue weighted by atomic mass is 10.1. The van der Waals surface area contributed by atoms with Crippen molar-refractivity contribution in [2.75, 3.05) is 18.4 Å². The fraction of sp³-hybridized carbons (Fsp3) is 0.261. The molecule has 148 valence electrons. The molecule has 0 unspecified atom stereocenters. The number of anilines is 1. The van der Waals surface area contributed by atoms with Gasteiger partial charge in [-0.1, -0.05) is 29.8 Å². The molecule has 2 heterocycles. The number of aliphatic imine (C=N–C) groups is 1. The highest BCUT2D eigenvalue weighted by Gasteiger charge is 2.14.